The van der Waals surface area contributed by atoms with Gasteiger partial charge < -0.3 is 73.8 Å². The Balaban J connectivity index is -0.000000211. The molecule has 756 valence electrons. The molecule has 0 rings (SSSR count). The molecule has 24 heteroatoms. The lowest BCUT2D eigenvalue weighted by atomic mass is 10.2. The van der Waals surface area contributed by atoms with Gasteiger partial charge in [-0.25, -0.2) is 0 Å². The van der Waals surface area contributed by atoms with Gasteiger partial charge in [-0.15, -0.1) is 0 Å². The van der Waals surface area contributed by atoms with Crippen LogP contribution in [0, 0.1) is 0 Å². The lowest BCUT2D eigenvalue weighted by Gasteiger charge is -2.37. The zero-order valence-electron chi connectivity index (χ0n) is 90.0. The molecule has 2 atom stereocenters. The van der Waals surface area contributed by atoms with Crippen molar-refractivity contribution in [1.82, 2.24) is 0 Å². The second-order valence-electron chi connectivity index (χ2n) is 36.5. The van der Waals surface area contributed by atoms with Crippen LogP contribution in [-0.2, 0) is 76.3 Å². The van der Waals surface area contributed by atoms with Gasteiger partial charge in [0.1, 0.15) is 105 Å². The molecule has 0 aliphatic carbocycles. The summed E-state index contributed by atoms with van der Waals surface area (Å²) >= 11 is 0. The average Bonchev–Trinajstić information content (AvgIpc) is 0.897. The lowest BCUT2D eigenvalue weighted by Crippen LogP contribution is -2.51. The molecule has 0 amide bonds. The molecule has 0 radical (unpaired) electrons. The number of carbonyl (C=O) groups is 8. The number of ether oxygens (including phenoxy) is 8. The van der Waals surface area contributed by atoms with Gasteiger partial charge in [-0.3, -0.25) is 38.4 Å². The normalized spacial score (nSPS) is 12.3. The SMILES string of the molecule is CCCC(=O)OCC[N+](C)(C)C.CCCC(=O)OCC[N+](CC)(CC)CC.CCCC(=O)OCC[N+](CC)(CCC)CCC.CCCCC(=O)OCC[N+](C)(C)C.CCCCC(=O)OCC[N+](CC)(CC)CC.CCCCC(=O)OCC[N+](CC)(CCC)CCC.CCCC[N+](CC)(CCC)CCOC(=O)CC.CCCC[N+](CC)(CCC)CCOC(=O)CCC. The molecule has 126 heavy (non-hydrogen) atoms. The first-order valence-corrected chi connectivity index (χ1v) is 51.7. The minimum atomic E-state index is -0.0778. The van der Waals surface area contributed by atoms with Crippen molar-refractivity contribution in [2.24, 2.45) is 0 Å². The molecule has 0 heterocycles. The van der Waals surface area contributed by atoms with Crippen molar-refractivity contribution in [3.8, 4) is 0 Å². The van der Waals surface area contributed by atoms with Crippen LogP contribution >= 0.6 is 0 Å². The number of hydrogen-bond acceptors (Lipinski definition) is 16. The molecule has 2 unspecified atom stereocenters. The van der Waals surface area contributed by atoms with Crippen molar-refractivity contribution in [2.45, 2.75) is 360 Å². The van der Waals surface area contributed by atoms with E-state index >= 15 is 0 Å². The lowest BCUT2D eigenvalue weighted by molar-refractivity contribution is -0.927. The molecule has 0 saturated heterocycles. The molecule has 24 nitrogen and oxygen atoms in total. The largest absolute Gasteiger partial charge is 0.460 e. The van der Waals surface area contributed by atoms with Crippen molar-refractivity contribution < 1.29 is 112 Å². The Hall–Kier alpha value is -4.56. The van der Waals surface area contributed by atoms with E-state index in [1.54, 1.807) is 0 Å². The predicted octanol–water partition coefficient (Wildman–Crippen LogP) is 20.0. The number of quaternary nitrogens is 8. The van der Waals surface area contributed by atoms with E-state index in [0.717, 1.165) is 218 Å². The highest BCUT2D eigenvalue weighted by atomic mass is 16.6. The van der Waals surface area contributed by atoms with Gasteiger partial charge in [0.25, 0.3) is 0 Å². The Kier molecular flexibility index (Phi) is 98.8. The summed E-state index contributed by atoms with van der Waals surface area (Å²) in [4.78, 5) is 89.7. The van der Waals surface area contributed by atoms with Crippen LogP contribution in [0.4, 0.5) is 0 Å². The average molecular weight is 1810 g/mol. The molecule has 0 saturated carbocycles. The van der Waals surface area contributed by atoms with Crippen LogP contribution < -0.4 is 0 Å². The molecule has 0 N–H and O–H groups in total. The molecule has 0 aliphatic rings. The Morgan fingerprint density at radius 1 is 0.159 bits per heavy atom. The fourth-order valence-electron chi connectivity index (χ4n) is 14.7. The first kappa shape index (κ1) is 137. The third-order valence-corrected chi connectivity index (χ3v) is 24.2. The smallest absolute Gasteiger partial charge is 0.305 e. The van der Waals surface area contributed by atoms with Crippen molar-refractivity contribution in [3.63, 3.8) is 0 Å². The van der Waals surface area contributed by atoms with E-state index in [4.69, 9.17) is 37.9 Å². The Morgan fingerprint density at radius 3 is 0.468 bits per heavy atom. The van der Waals surface area contributed by atoms with Crippen LogP contribution in [0.25, 0.3) is 0 Å². The number of carbonyl (C=O) groups excluding carboxylic acids is 8. The van der Waals surface area contributed by atoms with Crippen LogP contribution in [0.1, 0.15) is 360 Å². The summed E-state index contributed by atoms with van der Waals surface area (Å²) in [6, 6.07) is 0. The second-order valence-corrected chi connectivity index (χ2v) is 36.5. The minimum absolute atomic E-state index is 0.0287. The van der Waals surface area contributed by atoms with E-state index in [-0.39, 0.29) is 47.8 Å². The Bertz CT molecular complexity index is 2460. The van der Waals surface area contributed by atoms with Crippen LogP contribution in [0.5, 0.6) is 0 Å². The van der Waals surface area contributed by atoms with Gasteiger partial charge in [0.2, 0.25) is 0 Å². The molecule has 0 spiro atoms. The first-order chi connectivity index (χ1) is 59.7. The number of rotatable bonds is 70. The van der Waals surface area contributed by atoms with E-state index in [0.29, 0.717) is 104 Å². The van der Waals surface area contributed by atoms with Crippen molar-refractivity contribution in [1.29, 1.82) is 0 Å². The third kappa shape index (κ3) is 83.8. The highest BCUT2D eigenvalue weighted by molar-refractivity contribution is 5.71. The summed E-state index contributed by atoms with van der Waals surface area (Å²) in [5.41, 5.74) is 0. The van der Waals surface area contributed by atoms with Crippen LogP contribution in [0.15, 0.2) is 0 Å². The van der Waals surface area contributed by atoms with Crippen molar-refractivity contribution >= 4 is 47.8 Å². The van der Waals surface area contributed by atoms with E-state index in [2.05, 4.69) is 188 Å². The number of esters is 8. The minimum Gasteiger partial charge on any atom is -0.460 e. The monoisotopic (exact) mass is 1810 g/mol. The molecular formula is C102H220N8O16+8. The van der Waals surface area contributed by atoms with Crippen LogP contribution in [-0.4, -0.2) is 349 Å². The zero-order chi connectivity index (χ0) is 98.1. The highest BCUT2D eigenvalue weighted by Crippen LogP contribution is 2.16. The van der Waals surface area contributed by atoms with Gasteiger partial charge >= 0.3 is 47.8 Å². The van der Waals surface area contributed by atoms with Gasteiger partial charge in [-0.1, -0.05) is 143 Å². The zero-order valence-corrected chi connectivity index (χ0v) is 90.0. The number of likely N-dealkylation sites (N-methyl/N-ethyl adjacent to an activating group) is 8. The van der Waals surface area contributed by atoms with Gasteiger partial charge in [0.15, 0.2) is 0 Å². The van der Waals surface area contributed by atoms with Crippen LogP contribution in [0.2, 0.25) is 0 Å². The van der Waals surface area contributed by atoms with E-state index in [9.17, 15) is 38.4 Å². The number of nitrogens with zero attached hydrogens (tertiary/aromatic N) is 8. The van der Waals surface area contributed by atoms with Gasteiger partial charge in [0.05, 0.1) is 160 Å². The van der Waals surface area contributed by atoms with Crippen molar-refractivity contribution in [3.05, 3.63) is 0 Å². The van der Waals surface area contributed by atoms with E-state index < -0.39 is 0 Å². The predicted molar refractivity (Wildman–Crippen MR) is 529 cm³/mol. The fraction of sp³-hybridized carbons (Fsp3) is 0.922. The molecule has 0 aliphatic heterocycles. The standard InChI is InChI=1S/2C15H32NO2.2C14H30NO2.C13H28NO2.C12H26NO2.C10H22NO2.C9H20NO2/c1-5-9-10-15(17)18-14-13-16(8-4,11-6-2)12-7-3;1-5-9-12-16(8-4,11-7-3)13-14-18-15(17)10-6-2;1-5-9-11-15(8-4,10-6-2)12-13-17-14(16)7-3;1-5-9-14(16)17-13-12-15(8-4,10-6-2)11-7-3;1-5-9-10-13(15)16-12-11-14(6-2,7-3)8-4;1-5-9-12(14)15-11-10-13(6-2,7-3)8-4;1-5-6-7-10(12)13-9-8-11(2,3)4;1-5-6-9(11)12-8-7-10(2,3)4/h2*5-14H2,1-4H3;2*5-13H2,1-4H3;5-12H2,1-4H3;5-11H2,1-4H3;5-9H2,1-4H3;5-8H2,1-4H3/q8*+1. The summed E-state index contributed by atoms with van der Waals surface area (Å²) in [7, 11) is 12.5. The summed E-state index contributed by atoms with van der Waals surface area (Å²) in [6.45, 7) is 88.8. The number of unbranched alkanes of at least 4 members (excludes halogenated alkanes) is 5. The Labute approximate surface area is 781 Å². The molecule has 0 fully saturated rings. The van der Waals surface area contributed by atoms with Crippen molar-refractivity contribution in [2.75, 3.05) is 265 Å². The van der Waals surface area contributed by atoms with E-state index in [1.165, 1.54) is 117 Å². The molecule has 0 aromatic carbocycles. The topological polar surface area (TPSA) is 210 Å². The maximum Gasteiger partial charge on any atom is 0.305 e. The Morgan fingerprint density at radius 2 is 0.317 bits per heavy atom. The highest BCUT2D eigenvalue weighted by Gasteiger charge is 2.29. The maximum atomic E-state index is 11.5. The fourth-order valence-corrected chi connectivity index (χ4v) is 14.7. The molecular weight excluding hydrogens is 1590 g/mol. The van der Waals surface area contributed by atoms with Gasteiger partial charge in [0, 0.05) is 51.4 Å². The summed E-state index contributed by atoms with van der Waals surface area (Å²) in [5, 5.41) is 0. The maximum absolute atomic E-state index is 11.5. The number of hydrogen-bond donors (Lipinski definition) is 0. The molecule has 0 bridgehead atoms. The van der Waals surface area contributed by atoms with Gasteiger partial charge in [-0.05, 0) is 166 Å². The quantitative estimate of drug-likeness (QED) is 0.0315. The molecule has 0 aromatic heterocycles. The van der Waals surface area contributed by atoms with Gasteiger partial charge in [-0.2, -0.15) is 0 Å². The summed E-state index contributed by atoms with van der Waals surface area (Å²) in [5.74, 6) is -0.429. The third-order valence-electron chi connectivity index (χ3n) is 24.2. The summed E-state index contributed by atoms with van der Waals surface area (Å²) in [6.07, 6.45) is 26.0. The second kappa shape index (κ2) is 91.0. The first-order valence-electron chi connectivity index (χ1n) is 51.7. The molecule has 0 aromatic rings. The van der Waals surface area contributed by atoms with Crippen LogP contribution in [0.3, 0.4) is 0 Å². The summed E-state index contributed by atoms with van der Waals surface area (Å²) < 4.78 is 49.8. The van der Waals surface area contributed by atoms with E-state index in [1.807, 2.05) is 34.6 Å².